The molecule has 0 atom stereocenters. The van der Waals surface area contributed by atoms with E-state index >= 15 is 0 Å². The van der Waals surface area contributed by atoms with E-state index in [1.54, 1.807) is 11.1 Å². The molecule has 0 N–H and O–H groups in total. The van der Waals surface area contributed by atoms with Crippen LogP contribution < -0.4 is 0 Å². The van der Waals surface area contributed by atoms with Crippen LogP contribution in [0.15, 0.2) is 18.2 Å². The Labute approximate surface area is 85.0 Å². The number of fused-ring (bicyclic) bond motifs is 1. The normalized spacial score (nSPS) is 14.1. The summed E-state index contributed by atoms with van der Waals surface area (Å²) in [6.07, 6.45) is 5.38. The number of hydrogen-bond donors (Lipinski definition) is 0. The molecule has 0 unspecified atom stereocenters. The highest BCUT2D eigenvalue weighted by molar-refractivity contribution is 5.35. The zero-order valence-corrected chi connectivity index (χ0v) is 9.06. The van der Waals surface area contributed by atoms with Crippen LogP contribution >= 0.6 is 0 Å². The van der Waals surface area contributed by atoms with Crippen molar-refractivity contribution in [2.45, 2.75) is 46.5 Å². The first-order valence-corrected chi connectivity index (χ1v) is 5.45. The lowest BCUT2D eigenvalue weighted by molar-refractivity contribution is 0.682. The van der Waals surface area contributed by atoms with Crippen molar-refractivity contribution < 1.29 is 2.85 Å². The number of benzene rings is 1. The van der Waals surface area contributed by atoms with Crippen LogP contribution in [-0.2, 0) is 12.8 Å². The molecule has 0 saturated heterocycles. The van der Waals surface area contributed by atoms with Gasteiger partial charge in [0, 0.05) is 2.85 Å². The minimum atomic E-state index is 0. The van der Waals surface area contributed by atoms with Crippen LogP contribution in [0.1, 0.15) is 46.2 Å². The molecule has 1 aliphatic rings. The predicted molar refractivity (Wildman–Crippen MR) is 63.4 cm³/mol. The summed E-state index contributed by atoms with van der Waals surface area (Å²) in [5.74, 6) is 0. The Kier molecular flexibility index (Phi) is 4.01. The summed E-state index contributed by atoms with van der Waals surface area (Å²) in [7, 11) is 0. The average Bonchev–Trinajstić information content (AvgIpc) is 2.22. The van der Waals surface area contributed by atoms with E-state index in [9.17, 15) is 0 Å². The zero-order chi connectivity index (χ0) is 9.68. The van der Waals surface area contributed by atoms with Crippen molar-refractivity contribution >= 4 is 0 Å². The highest BCUT2D eigenvalue weighted by atomic mass is 14.1. The monoisotopic (exact) mass is 180 g/mol. The summed E-state index contributed by atoms with van der Waals surface area (Å²) in [5.41, 5.74) is 4.71. The fourth-order valence-corrected chi connectivity index (χ4v) is 1.97. The third kappa shape index (κ3) is 2.33. The molecule has 0 saturated carbocycles. The molecule has 0 aliphatic heterocycles. The molecule has 0 amide bonds. The minimum Gasteiger partial charge on any atom is -0.0683 e. The maximum absolute atomic E-state index is 2.28. The summed E-state index contributed by atoms with van der Waals surface area (Å²) in [6, 6.07) is 6.69. The molecule has 76 valence electrons. The van der Waals surface area contributed by atoms with E-state index in [4.69, 9.17) is 0 Å². The molecule has 0 heterocycles. The second-order valence-corrected chi connectivity index (χ2v) is 3.42. The molecular weight excluding hydrogens is 156 g/mol. The molecule has 0 heteroatoms. The molecule has 0 aromatic heterocycles. The van der Waals surface area contributed by atoms with E-state index in [0.29, 0.717) is 0 Å². The third-order valence-electron chi connectivity index (χ3n) is 2.63. The summed E-state index contributed by atoms with van der Waals surface area (Å²) in [4.78, 5) is 0. The predicted octanol–water partition coefficient (Wildman–Crippen LogP) is 4.39. The van der Waals surface area contributed by atoms with Crippen LogP contribution in [-0.4, -0.2) is 0 Å². The summed E-state index contributed by atoms with van der Waals surface area (Å²) >= 11 is 0. The molecule has 2 rings (SSSR count). The van der Waals surface area contributed by atoms with Gasteiger partial charge in [-0.15, -0.1) is 0 Å². The lowest BCUT2D eigenvalue weighted by Crippen LogP contribution is -2.03. The van der Waals surface area contributed by atoms with E-state index in [1.165, 1.54) is 31.2 Å². The van der Waals surface area contributed by atoms with Crippen molar-refractivity contribution in [2.75, 3.05) is 0 Å². The van der Waals surface area contributed by atoms with E-state index in [-0.39, 0.29) is 2.85 Å². The lowest BCUT2D eigenvalue weighted by atomic mass is 9.89. The van der Waals surface area contributed by atoms with Crippen molar-refractivity contribution in [3.8, 4) is 0 Å². The fraction of sp³-hybridized carbons (Fsp3) is 0.538. The number of aryl methyl sites for hydroxylation is 2. The molecular formula is C13H24. The van der Waals surface area contributed by atoms with Gasteiger partial charge < -0.3 is 0 Å². The van der Waals surface area contributed by atoms with Crippen molar-refractivity contribution in [3.63, 3.8) is 0 Å². The first kappa shape index (κ1) is 10.3. The Morgan fingerprint density at radius 1 is 1.08 bits per heavy atom. The van der Waals surface area contributed by atoms with Gasteiger partial charge in [-0.05, 0) is 49.3 Å². The largest absolute Gasteiger partial charge is 0.0683 e. The highest BCUT2D eigenvalue weighted by Crippen LogP contribution is 2.23. The quantitative estimate of drug-likeness (QED) is 0.555. The first-order valence-electron chi connectivity index (χ1n) is 5.45. The van der Waals surface area contributed by atoms with Gasteiger partial charge in [0.2, 0.25) is 0 Å². The number of rotatable bonds is 0. The first-order chi connectivity index (χ1) is 6.38. The second kappa shape index (κ2) is 5.06. The topological polar surface area (TPSA) is 0 Å². The van der Waals surface area contributed by atoms with Crippen LogP contribution in [0.2, 0.25) is 0 Å². The van der Waals surface area contributed by atoms with Gasteiger partial charge in [0.1, 0.15) is 0 Å². The minimum absolute atomic E-state index is 0. The Balaban J connectivity index is 0. The average molecular weight is 180 g/mol. The highest BCUT2D eigenvalue weighted by Gasteiger charge is 2.09. The summed E-state index contributed by atoms with van der Waals surface area (Å²) < 4.78 is 0. The Hall–Kier alpha value is -0.780. The van der Waals surface area contributed by atoms with Crippen LogP contribution in [0.25, 0.3) is 0 Å². The van der Waals surface area contributed by atoms with Crippen molar-refractivity contribution in [1.82, 2.24) is 0 Å². The van der Waals surface area contributed by atoms with Gasteiger partial charge in [-0.1, -0.05) is 32.0 Å². The Morgan fingerprint density at radius 2 is 1.77 bits per heavy atom. The number of hydrogen-bond acceptors (Lipinski definition) is 0. The van der Waals surface area contributed by atoms with Gasteiger partial charge in [0.05, 0.1) is 0 Å². The molecule has 1 aromatic carbocycles. The van der Waals surface area contributed by atoms with Gasteiger partial charge in [-0.25, -0.2) is 0 Å². The van der Waals surface area contributed by atoms with Crippen molar-refractivity contribution in [3.05, 3.63) is 34.9 Å². The SMILES string of the molecule is CC.Cc1cccc2c1CCCC2.[HH].[HH]. The second-order valence-electron chi connectivity index (χ2n) is 3.42. The van der Waals surface area contributed by atoms with Gasteiger partial charge in [0.25, 0.3) is 0 Å². The van der Waals surface area contributed by atoms with E-state index in [1.807, 2.05) is 13.8 Å². The molecule has 0 spiro atoms. The Morgan fingerprint density at radius 3 is 2.46 bits per heavy atom. The molecule has 0 fully saturated rings. The van der Waals surface area contributed by atoms with Crippen LogP contribution in [0, 0.1) is 6.92 Å². The van der Waals surface area contributed by atoms with E-state index in [2.05, 4.69) is 25.1 Å². The van der Waals surface area contributed by atoms with Crippen LogP contribution in [0.4, 0.5) is 0 Å². The summed E-state index contributed by atoms with van der Waals surface area (Å²) in [6.45, 7) is 6.23. The summed E-state index contributed by atoms with van der Waals surface area (Å²) in [5, 5.41) is 0. The van der Waals surface area contributed by atoms with E-state index in [0.717, 1.165) is 0 Å². The van der Waals surface area contributed by atoms with E-state index < -0.39 is 0 Å². The molecule has 1 aliphatic carbocycles. The fourth-order valence-electron chi connectivity index (χ4n) is 1.97. The van der Waals surface area contributed by atoms with Crippen molar-refractivity contribution in [2.24, 2.45) is 0 Å². The van der Waals surface area contributed by atoms with Crippen LogP contribution in [0.5, 0.6) is 0 Å². The standard InChI is InChI=1S/C11H14.C2H6.2H2/c1-9-5-4-7-10-6-2-3-8-11(9)10;1-2;;/h4-5,7H,2-3,6,8H2,1H3;1-2H3;2*1H. The Bertz CT molecular complexity index is 269. The maximum atomic E-state index is 2.28. The van der Waals surface area contributed by atoms with Gasteiger partial charge in [-0.3, -0.25) is 0 Å². The van der Waals surface area contributed by atoms with Gasteiger partial charge in [0.15, 0.2) is 0 Å². The van der Waals surface area contributed by atoms with Crippen molar-refractivity contribution in [1.29, 1.82) is 0 Å². The van der Waals surface area contributed by atoms with Gasteiger partial charge >= 0.3 is 0 Å². The lowest BCUT2D eigenvalue weighted by Gasteiger charge is -2.17. The zero-order valence-electron chi connectivity index (χ0n) is 9.06. The molecule has 0 bridgehead atoms. The van der Waals surface area contributed by atoms with Crippen LogP contribution in [0.3, 0.4) is 0 Å². The molecule has 0 radical (unpaired) electrons. The molecule has 0 nitrogen and oxygen atoms in total. The smallest absolute Gasteiger partial charge is 0 e. The molecule has 13 heavy (non-hydrogen) atoms. The maximum Gasteiger partial charge on any atom is 0 e. The third-order valence-corrected chi connectivity index (χ3v) is 2.63. The van der Waals surface area contributed by atoms with Gasteiger partial charge in [-0.2, -0.15) is 0 Å². The molecule has 1 aromatic rings.